The first-order valence-corrected chi connectivity index (χ1v) is 13.1. The molecule has 0 saturated heterocycles. The SMILES string of the molecule is CCn1c(SCC(=O)Nc2sc3c(c2C#N)CCCC3)nnc1[C@H](C)NC(=O)c1ccccc1. The van der Waals surface area contributed by atoms with Gasteiger partial charge in [0, 0.05) is 17.0 Å². The molecule has 0 bridgehead atoms. The highest BCUT2D eigenvalue weighted by Crippen LogP contribution is 2.37. The zero-order chi connectivity index (χ0) is 24.1. The van der Waals surface area contributed by atoms with Gasteiger partial charge in [0.1, 0.15) is 11.1 Å². The van der Waals surface area contributed by atoms with Crippen LogP contribution < -0.4 is 10.6 Å². The lowest BCUT2D eigenvalue weighted by atomic mass is 9.96. The highest BCUT2D eigenvalue weighted by atomic mass is 32.2. The number of carbonyl (C=O) groups is 2. The van der Waals surface area contributed by atoms with Crippen molar-refractivity contribution in [1.29, 1.82) is 5.26 Å². The predicted octanol–water partition coefficient (Wildman–Crippen LogP) is 4.33. The van der Waals surface area contributed by atoms with Gasteiger partial charge < -0.3 is 15.2 Å². The van der Waals surface area contributed by atoms with Crippen LogP contribution in [0.3, 0.4) is 0 Å². The van der Waals surface area contributed by atoms with Crippen LogP contribution in [0.1, 0.15) is 64.9 Å². The largest absolute Gasteiger partial charge is 0.342 e. The van der Waals surface area contributed by atoms with E-state index in [1.165, 1.54) is 28.0 Å². The average Bonchev–Trinajstić information content (AvgIpc) is 3.43. The Kier molecular flexibility index (Phi) is 7.65. The van der Waals surface area contributed by atoms with E-state index in [9.17, 15) is 14.9 Å². The van der Waals surface area contributed by atoms with Crippen molar-refractivity contribution < 1.29 is 9.59 Å². The van der Waals surface area contributed by atoms with E-state index in [4.69, 9.17) is 0 Å². The number of fused-ring (bicyclic) bond motifs is 1. The molecule has 0 saturated carbocycles. The number of hydrogen-bond acceptors (Lipinski definition) is 7. The summed E-state index contributed by atoms with van der Waals surface area (Å²) in [6.07, 6.45) is 4.09. The molecule has 3 aromatic rings. The number of rotatable bonds is 8. The summed E-state index contributed by atoms with van der Waals surface area (Å²) in [4.78, 5) is 26.4. The fourth-order valence-electron chi connectivity index (χ4n) is 4.02. The Bertz CT molecular complexity index is 1230. The predicted molar refractivity (Wildman–Crippen MR) is 133 cm³/mol. The van der Waals surface area contributed by atoms with Crippen LogP contribution in [0.15, 0.2) is 35.5 Å². The summed E-state index contributed by atoms with van der Waals surface area (Å²) < 4.78 is 1.90. The molecule has 1 aliphatic carbocycles. The summed E-state index contributed by atoms with van der Waals surface area (Å²) in [5, 5.41) is 25.2. The molecule has 0 aliphatic heterocycles. The van der Waals surface area contributed by atoms with Crippen LogP contribution in [0.4, 0.5) is 5.00 Å². The molecular formula is C24H26N6O2S2. The molecule has 2 amide bonds. The maximum atomic E-state index is 12.7. The van der Waals surface area contributed by atoms with Crippen LogP contribution in [0.2, 0.25) is 0 Å². The van der Waals surface area contributed by atoms with Gasteiger partial charge in [-0.05, 0) is 57.2 Å². The maximum Gasteiger partial charge on any atom is 0.251 e. The summed E-state index contributed by atoms with van der Waals surface area (Å²) >= 11 is 2.81. The first kappa shape index (κ1) is 24.0. The van der Waals surface area contributed by atoms with Gasteiger partial charge in [-0.3, -0.25) is 9.59 Å². The van der Waals surface area contributed by atoms with Crippen LogP contribution in [0.5, 0.6) is 0 Å². The normalized spacial score (nSPS) is 13.6. The van der Waals surface area contributed by atoms with Crippen molar-refractivity contribution in [3.63, 3.8) is 0 Å². The van der Waals surface area contributed by atoms with Gasteiger partial charge in [0.05, 0.1) is 17.4 Å². The zero-order valence-corrected chi connectivity index (χ0v) is 20.8. The third-order valence-electron chi connectivity index (χ3n) is 5.70. The van der Waals surface area contributed by atoms with E-state index < -0.39 is 0 Å². The number of thiophene rings is 1. The molecule has 2 aromatic heterocycles. The van der Waals surface area contributed by atoms with E-state index >= 15 is 0 Å². The van der Waals surface area contributed by atoms with Crippen LogP contribution in [0.25, 0.3) is 0 Å². The Hall–Kier alpha value is -3.16. The number of hydrogen-bond donors (Lipinski definition) is 2. The van der Waals surface area contributed by atoms with E-state index in [1.54, 1.807) is 12.1 Å². The monoisotopic (exact) mass is 494 g/mol. The Morgan fingerprint density at radius 3 is 2.74 bits per heavy atom. The number of carbonyl (C=O) groups excluding carboxylic acids is 2. The minimum Gasteiger partial charge on any atom is -0.342 e. The Morgan fingerprint density at radius 1 is 1.24 bits per heavy atom. The average molecular weight is 495 g/mol. The van der Waals surface area contributed by atoms with Gasteiger partial charge in [0.15, 0.2) is 11.0 Å². The van der Waals surface area contributed by atoms with E-state index in [0.29, 0.717) is 33.7 Å². The topological polar surface area (TPSA) is 113 Å². The molecule has 10 heteroatoms. The molecule has 8 nitrogen and oxygen atoms in total. The van der Waals surface area contributed by atoms with Crippen LogP contribution in [0, 0.1) is 11.3 Å². The fourth-order valence-corrected chi connectivity index (χ4v) is 6.09. The molecule has 34 heavy (non-hydrogen) atoms. The van der Waals surface area contributed by atoms with Crippen LogP contribution in [-0.2, 0) is 24.2 Å². The summed E-state index contributed by atoms with van der Waals surface area (Å²) in [6.45, 7) is 4.44. The lowest BCUT2D eigenvalue weighted by molar-refractivity contribution is -0.113. The fraction of sp³-hybridized carbons (Fsp3) is 0.375. The van der Waals surface area contributed by atoms with Gasteiger partial charge in [-0.2, -0.15) is 5.26 Å². The van der Waals surface area contributed by atoms with Gasteiger partial charge in [0.25, 0.3) is 5.91 Å². The first-order chi connectivity index (χ1) is 16.5. The van der Waals surface area contributed by atoms with Crippen LogP contribution in [-0.4, -0.2) is 32.3 Å². The van der Waals surface area contributed by atoms with E-state index in [1.807, 2.05) is 36.6 Å². The lowest BCUT2D eigenvalue weighted by Gasteiger charge is -2.15. The zero-order valence-electron chi connectivity index (χ0n) is 19.1. The Balaban J connectivity index is 1.39. The van der Waals surface area contributed by atoms with Crippen molar-refractivity contribution in [1.82, 2.24) is 20.1 Å². The van der Waals surface area contributed by atoms with Crippen molar-refractivity contribution >= 4 is 39.9 Å². The number of benzene rings is 1. The molecule has 176 valence electrons. The van der Waals surface area contributed by atoms with Crippen molar-refractivity contribution in [3.8, 4) is 6.07 Å². The Morgan fingerprint density at radius 2 is 2.00 bits per heavy atom. The minimum atomic E-state index is -0.348. The molecule has 0 radical (unpaired) electrons. The number of nitrogens with zero attached hydrogens (tertiary/aromatic N) is 4. The van der Waals surface area contributed by atoms with Gasteiger partial charge >= 0.3 is 0 Å². The number of anilines is 1. The lowest BCUT2D eigenvalue weighted by Crippen LogP contribution is -2.28. The standard InChI is InChI=1S/C24H26N6O2S2/c1-3-30-21(15(2)26-22(32)16-9-5-4-6-10-16)28-29-24(30)33-14-20(31)27-23-18(13-25)17-11-7-8-12-19(17)34-23/h4-6,9-10,15H,3,7-8,11-12,14H2,1-2H3,(H,26,32)(H,27,31)/t15-/m0/s1. The molecular weight excluding hydrogens is 468 g/mol. The second-order valence-electron chi connectivity index (χ2n) is 8.01. The highest BCUT2D eigenvalue weighted by molar-refractivity contribution is 7.99. The third-order valence-corrected chi connectivity index (χ3v) is 7.87. The molecule has 0 fully saturated rings. The van der Waals surface area contributed by atoms with Gasteiger partial charge in [-0.1, -0.05) is 30.0 Å². The van der Waals surface area contributed by atoms with Gasteiger partial charge in [0.2, 0.25) is 5.91 Å². The number of aryl methyl sites for hydroxylation is 1. The first-order valence-electron chi connectivity index (χ1n) is 11.3. The number of amides is 2. The van der Waals surface area contributed by atoms with E-state index in [2.05, 4.69) is 26.9 Å². The van der Waals surface area contributed by atoms with Crippen LogP contribution >= 0.6 is 23.1 Å². The van der Waals surface area contributed by atoms with E-state index in [-0.39, 0.29) is 23.6 Å². The maximum absolute atomic E-state index is 12.7. The van der Waals surface area contributed by atoms with Crippen molar-refractivity contribution in [2.75, 3.05) is 11.1 Å². The molecule has 2 heterocycles. The summed E-state index contributed by atoms with van der Waals surface area (Å²) in [6, 6.07) is 10.9. The van der Waals surface area contributed by atoms with Crippen molar-refractivity contribution in [2.45, 2.75) is 57.3 Å². The number of nitrogens with one attached hydrogen (secondary N) is 2. The molecule has 1 atom stereocenters. The highest BCUT2D eigenvalue weighted by Gasteiger charge is 2.23. The second kappa shape index (κ2) is 10.8. The smallest absolute Gasteiger partial charge is 0.251 e. The number of nitriles is 1. The summed E-state index contributed by atoms with van der Waals surface area (Å²) in [5.41, 5.74) is 2.29. The molecule has 1 aromatic carbocycles. The molecule has 1 aliphatic rings. The molecule has 0 spiro atoms. The summed E-state index contributed by atoms with van der Waals surface area (Å²) in [5.74, 6) is 0.417. The summed E-state index contributed by atoms with van der Waals surface area (Å²) in [7, 11) is 0. The molecule has 4 rings (SSSR count). The molecule has 2 N–H and O–H groups in total. The number of thioether (sulfide) groups is 1. The van der Waals surface area contributed by atoms with Gasteiger partial charge in [-0.25, -0.2) is 0 Å². The van der Waals surface area contributed by atoms with Crippen molar-refractivity contribution in [2.24, 2.45) is 0 Å². The number of aromatic nitrogens is 3. The van der Waals surface area contributed by atoms with E-state index in [0.717, 1.165) is 31.2 Å². The van der Waals surface area contributed by atoms with Crippen molar-refractivity contribution in [3.05, 3.63) is 57.7 Å². The minimum absolute atomic E-state index is 0.149. The third kappa shape index (κ3) is 5.16. The van der Waals surface area contributed by atoms with Gasteiger partial charge in [-0.15, -0.1) is 21.5 Å². The molecule has 0 unspecified atom stereocenters. The quantitative estimate of drug-likeness (QED) is 0.451. The second-order valence-corrected chi connectivity index (χ2v) is 10.1. The Labute approximate surface area is 206 Å².